The standard InChI is InChI=1S/C14H19N3O2/c1-10(5-6-15)11-3-2-4-12(9-11)17-8-7-16-13(18)14(17)19/h2-4,9-10H,5-8,15H2,1H3,(H,16,18). The van der Waals surface area contributed by atoms with Gasteiger partial charge >= 0.3 is 11.8 Å². The van der Waals surface area contributed by atoms with Crippen molar-refractivity contribution in [1.29, 1.82) is 0 Å². The maximum absolute atomic E-state index is 11.8. The van der Waals surface area contributed by atoms with Crippen molar-refractivity contribution in [3.05, 3.63) is 29.8 Å². The Morgan fingerprint density at radius 1 is 1.42 bits per heavy atom. The van der Waals surface area contributed by atoms with Crippen molar-refractivity contribution in [3.8, 4) is 0 Å². The number of piperazine rings is 1. The van der Waals surface area contributed by atoms with Gasteiger partial charge in [0.15, 0.2) is 0 Å². The monoisotopic (exact) mass is 261 g/mol. The summed E-state index contributed by atoms with van der Waals surface area (Å²) in [4.78, 5) is 24.7. The van der Waals surface area contributed by atoms with Crippen LogP contribution in [0.1, 0.15) is 24.8 Å². The molecule has 1 aromatic carbocycles. The Morgan fingerprint density at radius 2 is 2.21 bits per heavy atom. The van der Waals surface area contributed by atoms with Crippen LogP contribution in [0.5, 0.6) is 0 Å². The molecule has 1 aromatic rings. The SMILES string of the molecule is CC(CCN)c1cccc(N2CCNC(=O)C2=O)c1. The number of nitrogens with zero attached hydrogens (tertiary/aromatic N) is 1. The summed E-state index contributed by atoms with van der Waals surface area (Å²) in [5.74, 6) is -0.680. The first kappa shape index (κ1) is 13.5. The highest BCUT2D eigenvalue weighted by atomic mass is 16.2. The number of carbonyl (C=O) groups is 2. The van der Waals surface area contributed by atoms with Gasteiger partial charge in [-0.15, -0.1) is 0 Å². The van der Waals surface area contributed by atoms with Gasteiger partial charge in [-0.2, -0.15) is 0 Å². The molecule has 0 radical (unpaired) electrons. The number of amides is 2. The average Bonchev–Trinajstić information content (AvgIpc) is 2.42. The smallest absolute Gasteiger partial charge is 0.316 e. The van der Waals surface area contributed by atoms with Crippen LogP contribution in [0.4, 0.5) is 5.69 Å². The minimum absolute atomic E-state index is 0.346. The molecule has 1 atom stereocenters. The Bertz CT molecular complexity index is 487. The van der Waals surface area contributed by atoms with Gasteiger partial charge in [0.25, 0.3) is 0 Å². The Balaban J connectivity index is 2.23. The van der Waals surface area contributed by atoms with E-state index in [0.29, 0.717) is 25.6 Å². The molecule has 5 heteroatoms. The molecule has 3 N–H and O–H groups in total. The number of nitrogens with two attached hydrogens (primary N) is 1. The van der Waals surface area contributed by atoms with E-state index in [1.54, 1.807) is 0 Å². The fourth-order valence-electron chi connectivity index (χ4n) is 2.24. The van der Waals surface area contributed by atoms with Crippen LogP contribution in [0.25, 0.3) is 0 Å². The van der Waals surface area contributed by atoms with Crippen molar-refractivity contribution in [2.24, 2.45) is 5.73 Å². The average molecular weight is 261 g/mol. The van der Waals surface area contributed by atoms with Crippen molar-refractivity contribution in [2.75, 3.05) is 24.5 Å². The second-order valence-electron chi connectivity index (χ2n) is 4.79. The van der Waals surface area contributed by atoms with Crippen LogP contribution in [0.15, 0.2) is 24.3 Å². The molecule has 0 aliphatic carbocycles. The summed E-state index contributed by atoms with van der Waals surface area (Å²) >= 11 is 0. The van der Waals surface area contributed by atoms with Crippen LogP contribution in [0, 0.1) is 0 Å². The van der Waals surface area contributed by atoms with Gasteiger partial charge in [-0.05, 0) is 36.6 Å². The fraction of sp³-hybridized carbons (Fsp3) is 0.429. The van der Waals surface area contributed by atoms with Gasteiger partial charge in [0.1, 0.15) is 0 Å². The molecular weight excluding hydrogens is 242 g/mol. The van der Waals surface area contributed by atoms with E-state index in [2.05, 4.69) is 12.2 Å². The number of hydrogen-bond donors (Lipinski definition) is 2. The molecule has 2 amide bonds. The van der Waals surface area contributed by atoms with Crippen molar-refractivity contribution in [1.82, 2.24) is 5.32 Å². The number of benzene rings is 1. The molecule has 0 aromatic heterocycles. The summed E-state index contributed by atoms with van der Waals surface area (Å²) in [6.45, 7) is 3.75. The molecule has 1 saturated heterocycles. The van der Waals surface area contributed by atoms with Crippen LogP contribution >= 0.6 is 0 Å². The van der Waals surface area contributed by atoms with Crippen molar-refractivity contribution < 1.29 is 9.59 Å². The van der Waals surface area contributed by atoms with Gasteiger partial charge in [-0.25, -0.2) is 0 Å². The highest BCUT2D eigenvalue weighted by Crippen LogP contribution is 2.24. The van der Waals surface area contributed by atoms with Gasteiger partial charge in [0, 0.05) is 18.8 Å². The zero-order valence-electron chi connectivity index (χ0n) is 11.1. The van der Waals surface area contributed by atoms with Gasteiger partial charge in [-0.1, -0.05) is 19.1 Å². The van der Waals surface area contributed by atoms with Crippen LogP contribution in [-0.4, -0.2) is 31.4 Å². The first-order chi connectivity index (χ1) is 9.13. The first-order valence-electron chi connectivity index (χ1n) is 6.53. The van der Waals surface area contributed by atoms with E-state index >= 15 is 0 Å². The number of nitrogens with one attached hydrogen (secondary N) is 1. The highest BCUT2D eigenvalue weighted by molar-refractivity contribution is 6.41. The summed E-state index contributed by atoms with van der Waals surface area (Å²) in [5, 5.41) is 2.54. The van der Waals surface area contributed by atoms with Crippen LogP contribution < -0.4 is 16.0 Å². The maximum atomic E-state index is 11.8. The molecule has 1 fully saturated rings. The Morgan fingerprint density at radius 3 is 2.95 bits per heavy atom. The molecule has 102 valence electrons. The molecule has 1 aliphatic rings. The minimum Gasteiger partial charge on any atom is -0.346 e. The molecule has 1 heterocycles. The van der Waals surface area contributed by atoms with Gasteiger partial charge in [0.2, 0.25) is 0 Å². The number of rotatable bonds is 4. The van der Waals surface area contributed by atoms with Gasteiger partial charge in [-0.3, -0.25) is 9.59 Å². The van der Waals surface area contributed by atoms with E-state index < -0.39 is 11.8 Å². The molecule has 1 unspecified atom stereocenters. The molecule has 1 aliphatic heterocycles. The number of hydrogen-bond acceptors (Lipinski definition) is 3. The summed E-state index contributed by atoms with van der Waals surface area (Å²) in [6, 6.07) is 7.77. The van der Waals surface area contributed by atoms with Gasteiger partial charge in [0.05, 0.1) is 0 Å². The summed E-state index contributed by atoms with van der Waals surface area (Å²) in [6.07, 6.45) is 0.901. The van der Waals surface area contributed by atoms with Crippen molar-refractivity contribution in [3.63, 3.8) is 0 Å². The quantitative estimate of drug-likeness (QED) is 0.779. The molecule has 5 nitrogen and oxygen atoms in total. The summed E-state index contributed by atoms with van der Waals surface area (Å²) < 4.78 is 0. The van der Waals surface area contributed by atoms with Crippen LogP contribution in [-0.2, 0) is 9.59 Å². The second kappa shape index (κ2) is 5.84. The summed E-state index contributed by atoms with van der Waals surface area (Å²) in [5.41, 5.74) is 7.49. The number of carbonyl (C=O) groups excluding carboxylic acids is 2. The molecule has 0 saturated carbocycles. The third-order valence-corrected chi connectivity index (χ3v) is 3.41. The minimum atomic E-state index is -0.536. The van der Waals surface area contributed by atoms with Crippen molar-refractivity contribution >= 4 is 17.5 Å². The second-order valence-corrected chi connectivity index (χ2v) is 4.79. The van der Waals surface area contributed by atoms with E-state index in [1.807, 2.05) is 24.3 Å². The predicted molar refractivity (Wildman–Crippen MR) is 73.9 cm³/mol. The fourth-order valence-corrected chi connectivity index (χ4v) is 2.24. The lowest BCUT2D eigenvalue weighted by atomic mass is 9.97. The third kappa shape index (κ3) is 2.93. The van der Waals surface area contributed by atoms with E-state index in [1.165, 1.54) is 4.90 Å². The lowest BCUT2D eigenvalue weighted by Crippen LogP contribution is -2.52. The van der Waals surface area contributed by atoms with Gasteiger partial charge < -0.3 is 16.0 Å². The van der Waals surface area contributed by atoms with E-state index in [-0.39, 0.29) is 0 Å². The topological polar surface area (TPSA) is 75.4 Å². The maximum Gasteiger partial charge on any atom is 0.316 e. The van der Waals surface area contributed by atoms with E-state index in [0.717, 1.165) is 17.7 Å². The Hall–Kier alpha value is -1.88. The Kier molecular flexibility index (Phi) is 4.16. The number of anilines is 1. The summed E-state index contributed by atoms with van der Waals surface area (Å²) in [7, 11) is 0. The zero-order chi connectivity index (χ0) is 13.8. The predicted octanol–water partition coefficient (Wildman–Crippen LogP) is 0.602. The molecule has 19 heavy (non-hydrogen) atoms. The van der Waals surface area contributed by atoms with E-state index in [4.69, 9.17) is 5.73 Å². The van der Waals surface area contributed by atoms with Crippen LogP contribution in [0.2, 0.25) is 0 Å². The highest BCUT2D eigenvalue weighted by Gasteiger charge is 2.27. The zero-order valence-corrected chi connectivity index (χ0v) is 11.1. The molecular formula is C14H19N3O2. The van der Waals surface area contributed by atoms with E-state index in [9.17, 15) is 9.59 Å². The lowest BCUT2D eigenvalue weighted by molar-refractivity contribution is -0.138. The lowest BCUT2D eigenvalue weighted by Gasteiger charge is -2.27. The molecule has 0 bridgehead atoms. The molecule has 0 spiro atoms. The normalized spacial score (nSPS) is 17.3. The van der Waals surface area contributed by atoms with Crippen molar-refractivity contribution in [2.45, 2.75) is 19.3 Å². The largest absolute Gasteiger partial charge is 0.346 e. The molecule has 2 rings (SSSR count). The Labute approximate surface area is 112 Å². The third-order valence-electron chi connectivity index (χ3n) is 3.41. The van der Waals surface area contributed by atoms with Crippen LogP contribution in [0.3, 0.4) is 0 Å². The first-order valence-corrected chi connectivity index (χ1v) is 6.53.